The highest BCUT2D eigenvalue weighted by atomic mass is 19.4. The molecule has 2 aromatic rings. The van der Waals surface area contributed by atoms with E-state index < -0.39 is 11.7 Å². The smallest absolute Gasteiger partial charge is 0.342 e. The first-order valence-electron chi connectivity index (χ1n) is 8.76. The van der Waals surface area contributed by atoms with E-state index >= 15 is 0 Å². The Morgan fingerprint density at radius 3 is 2.12 bits per heavy atom. The Balaban J connectivity index is 1.84. The van der Waals surface area contributed by atoms with Crippen LogP contribution in [0.1, 0.15) is 30.4 Å². The van der Waals surface area contributed by atoms with Crippen molar-refractivity contribution in [2.75, 3.05) is 18.4 Å². The van der Waals surface area contributed by atoms with Gasteiger partial charge in [-0.1, -0.05) is 17.7 Å². The first-order chi connectivity index (χ1) is 12.4. The molecule has 0 spiro atoms. The van der Waals surface area contributed by atoms with Crippen LogP contribution in [0.2, 0.25) is 0 Å². The molecule has 3 nitrogen and oxygen atoms in total. The molecule has 0 amide bonds. The molecule has 0 atom stereocenters. The lowest BCUT2D eigenvalue weighted by Gasteiger charge is -2.30. The van der Waals surface area contributed by atoms with Gasteiger partial charge in [0, 0.05) is 18.8 Å². The number of piperidine rings is 1. The van der Waals surface area contributed by atoms with Crippen LogP contribution in [0.4, 0.5) is 24.5 Å². The third kappa shape index (κ3) is 4.77. The second-order valence-corrected chi connectivity index (χ2v) is 6.52. The van der Waals surface area contributed by atoms with Crippen molar-refractivity contribution < 1.29 is 13.2 Å². The molecule has 1 aliphatic heterocycles. The predicted octanol–water partition coefficient (Wildman–Crippen LogP) is 5.60. The number of rotatable bonds is 2. The van der Waals surface area contributed by atoms with Crippen LogP contribution in [0.15, 0.2) is 53.5 Å². The van der Waals surface area contributed by atoms with Gasteiger partial charge in [-0.25, -0.2) is 4.99 Å². The zero-order valence-corrected chi connectivity index (χ0v) is 14.7. The third-order valence-electron chi connectivity index (χ3n) is 4.39. The zero-order valence-electron chi connectivity index (χ0n) is 14.7. The normalized spacial score (nSPS) is 15.8. The number of hydrogen-bond donors (Lipinski definition) is 1. The van der Waals surface area contributed by atoms with Crippen LogP contribution in [-0.4, -0.2) is 23.9 Å². The van der Waals surface area contributed by atoms with E-state index in [1.807, 2.05) is 31.2 Å². The predicted molar refractivity (Wildman–Crippen MR) is 98.8 cm³/mol. The first kappa shape index (κ1) is 18.3. The molecule has 1 heterocycles. The lowest BCUT2D eigenvalue weighted by Crippen LogP contribution is -2.39. The molecule has 6 heteroatoms. The molecule has 1 saturated heterocycles. The van der Waals surface area contributed by atoms with Crippen LogP contribution in [0.3, 0.4) is 0 Å². The molecule has 1 aliphatic rings. The topological polar surface area (TPSA) is 27.6 Å². The molecule has 0 radical (unpaired) electrons. The van der Waals surface area contributed by atoms with E-state index in [9.17, 15) is 13.2 Å². The summed E-state index contributed by atoms with van der Waals surface area (Å²) in [5.74, 6) is 0.674. The molecular weight excluding hydrogens is 339 g/mol. The summed E-state index contributed by atoms with van der Waals surface area (Å²) in [5, 5.41) is 3.20. The highest BCUT2D eigenvalue weighted by Gasteiger charge is 2.30. The monoisotopic (exact) mass is 361 g/mol. The van der Waals surface area contributed by atoms with Crippen LogP contribution in [0, 0.1) is 6.92 Å². The van der Waals surface area contributed by atoms with E-state index in [-0.39, 0.29) is 0 Å². The SMILES string of the molecule is Cc1ccc(N=C(Nc2ccc(C(F)(F)F)cc2)N2CCCCC2)cc1. The van der Waals surface area contributed by atoms with E-state index in [1.54, 1.807) is 0 Å². The number of hydrogen-bond acceptors (Lipinski definition) is 1. The van der Waals surface area contributed by atoms with Gasteiger partial charge in [0.15, 0.2) is 0 Å². The lowest BCUT2D eigenvalue weighted by atomic mass is 10.1. The quantitative estimate of drug-likeness (QED) is 0.557. The third-order valence-corrected chi connectivity index (χ3v) is 4.39. The van der Waals surface area contributed by atoms with Crippen molar-refractivity contribution in [1.29, 1.82) is 0 Å². The minimum absolute atomic E-state index is 0.592. The van der Waals surface area contributed by atoms with E-state index in [0.29, 0.717) is 11.6 Å². The molecule has 1 fully saturated rings. The maximum atomic E-state index is 12.7. The number of aliphatic imine (C=N–C) groups is 1. The summed E-state index contributed by atoms with van der Waals surface area (Å²) in [6.45, 7) is 3.79. The summed E-state index contributed by atoms with van der Waals surface area (Å²) in [4.78, 5) is 6.85. The van der Waals surface area contributed by atoms with Gasteiger partial charge in [-0.05, 0) is 62.6 Å². The first-order valence-corrected chi connectivity index (χ1v) is 8.76. The van der Waals surface area contributed by atoms with Crippen molar-refractivity contribution in [2.45, 2.75) is 32.4 Å². The number of anilines is 1. The molecule has 3 rings (SSSR count). The Morgan fingerprint density at radius 2 is 1.54 bits per heavy atom. The van der Waals surface area contributed by atoms with E-state index in [0.717, 1.165) is 49.3 Å². The fraction of sp³-hybridized carbons (Fsp3) is 0.350. The maximum Gasteiger partial charge on any atom is 0.416 e. The molecule has 0 aliphatic carbocycles. The molecule has 0 saturated carbocycles. The molecule has 0 aromatic heterocycles. The largest absolute Gasteiger partial charge is 0.416 e. The van der Waals surface area contributed by atoms with Crippen molar-refractivity contribution in [3.05, 3.63) is 59.7 Å². The van der Waals surface area contributed by atoms with Gasteiger partial charge in [0.2, 0.25) is 5.96 Å². The Bertz CT molecular complexity index is 743. The molecule has 138 valence electrons. The van der Waals surface area contributed by atoms with Crippen LogP contribution in [0.25, 0.3) is 0 Å². The average Bonchev–Trinajstić information content (AvgIpc) is 2.63. The average molecular weight is 361 g/mol. The molecule has 1 N–H and O–H groups in total. The van der Waals surface area contributed by atoms with E-state index in [2.05, 4.69) is 10.2 Å². The van der Waals surface area contributed by atoms with Gasteiger partial charge in [0.1, 0.15) is 0 Å². The Morgan fingerprint density at radius 1 is 0.923 bits per heavy atom. The van der Waals surface area contributed by atoms with Crippen molar-refractivity contribution in [2.24, 2.45) is 4.99 Å². The minimum atomic E-state index is -4.33. The van der Waals surface area contributed by atoms with Crippen LogP contribution < -0.4 is 5.32 Å². The van der Waals surface area contributed by atoms with E-state index in [4.69, 9.17) is 4.99 Å². The number of alkyl halides is 3. The molecule has 26 heavy (non-hydrogen) atoms. The van der Waals surface area contributed by atoms with Crippen LogP contribution >= 0.6 is 0 Å². The molecule has 2 aromatic carbocycles. The minimum Gasteiger partial charge on any atom is -0.342 e. The van der Waals surface area contributed by atoms with Gasteiger partial charge in [-0.15, -0.1) is 0 Å². The van der Waals surface area contributed by atoms with Crippen LogP contribution in [-0.2, 0) is 6.18 Å². The number of nitrogens with one attached hydrogen (secondary N) is 1. The summed E-state index contributed by atoms with van der Waals surface area (Å²) in [7, 11) is 0. The van der Waals surface area contributed by atoms with Gasteiger partial charge in [0.05, 0.1) is 11.3 Å². The second-order valence-electron chi connectivity index (χ2n) is 6.52. The Labute approximate surface area is 151 Å². The van der Waals surface area contributed by atoms with Crippen molar-refractivity contribution in [1.82, 2.24) is 4.90 Å². The maximum absolute atomic E-state index is 12.7. The second kappa shape index (κ2) is 7.81. The molecule has 0 bridgehead atoms. The van der Waals surface area contributed by atoms with E-state index in [1.165, 1.54) is 18.6 Å². The van der Waals surface area contributed by atoms with Crippen molar-refractivity contribution in [3.8, 4) is 0 Å². The number of halogens is 3. The zero-order chi connectivity index (χ0) is 18.6. The van der Waals surface area contributed by atoms with Crippen molar-refractivity contribution in [3.63, 3.8) is 0 Å². The van der Waals surface area contributed by atoms with Crippen LogP contribution in [0.5, 0.6) is 0 Å². The number of benzene rings is 2. The molecule has 0 unspecified atom stereocenters. The number of aryl methyl sites for hydroxylation is 1. The lowest BCUT2D eigenvalue weighted by molar-refractivity contribution is -0.137. The van der Waals surface area contributed by atoms with Gasteiger partial charge in [0.25, 0.3) is 0 Å². The van der Waals surface area contributed by atoms with Gasteiger partial charge in [-0.3, -0.25) is 0 Å². The summed E-state index contributed by atoms with van der Waals surface area (Å²) in [6.07, 6.45) is -0.970. The summed E-state index contributed by atoms with van der Waals surface area (Å²) in [6, 6.07) is 12.9. The standard InChI is InChI=1S/C20H22F3N3/c1-15-5-9-17(10-6-15)24-19(26-13-3-2-4-14-26)25-18-11-7-16(8-12-18)20(21,22)23/h5-12H,2-4,13-14H2,1H3,(H,24,25). The highest BCUT2D eigenvalue weighted by Crippen LogP contribution is 2.30. The van der Waals surface area contributed by atoms with Gasteiger partial charge < -0.3 is 10.2 Å². The summed E-state index contributed by atoms with van der Waals surface area (Å²) >= 11 is 0. The number of likely N-dealkylation sites (tertiary alicyclic amines) is 1. The highest BCUT2D eigenvalue weighted by molar-refractivity contribution is 5.95. The fourth-order valence-electron chi connectivity index (χ4n) is 2.90. The molecular formula is C20H22F3N3. The Hall–Kier alpha value is -2.50. The van der Waals surface area contributed by atoms with Gasteiger partial charge >= 0.3 is 6.18 Å². The summed E-state index contributed by atoms with van der Waals surface area (Å²) in [5.41, 5.74) is 1.90. The number of nitrogens with zero attached hydrogens (tertiary/aromatic N) is 2. The summed E-state index contributed by atoms with van der Waals surface area (Å²) < 4.78 is 38.2. The fourth-order valence-corrected chi connectivity index (χ4v) is 2.90. The number of guanidine groups is 1. The Kier molecular flexibility index (Phi) is 5.49. The van der Waals surface area contributed by atoms with Gasteiger partial charge in [-0.2, -0.15) is 13.2 Å². The van der Waals surface area contributed by atoms with Crippen molar-refractivity contribution >= 4 is 17.3 Å².